The summed E-state index contributed by atoms with van der Waals surface area (Å²) in [4.78, 5) is 21.5. The predicted molar refractivity (Wildman–Crippen MR) is 125 cm³/mol. The van der Waals surface area contributed by atoms with E-state index in [2.05, 4.69) is 73.8 Å². The number of Topliss-reactive ketones (excluding diaryl/α,β-unsaturated/α-hetero) is 1. The third-order valence-corrected chi connectivity index (χ3v) is 5.37. The minimum absolute atomic E-state index is 0.188. The second kappa shape index (κ2) is 12.1. The molecule has 0 bridgehead atoms. The summed E-state index contributed by atoms with van der Waals surface area (Å²) in [5, 5.41) is 0.852. The van der Waals surface area contributed by atoms with Gasteiger partial charge in [0.15, 0.2) is 5.16 Å². The lowest BCUT2D eigenvalue weighted by Crippen LogP contribution is -2.27. The van der Waals surface area contributed by atoms with E-state index in [1.807, 2.05) is 25.7 Å². The first kappa shape index (κ1) is 25.3. The maximum Gasteiger partial charge on any atom is 0.187 e. The van der Waals surface area contributed by atoms with Crippen LogP contribution in [-0.4, -0.2) is 40.5 Å². The summed E-state index contributed by atoms with van der Waals surface area (Å²) < 4.78 is 0. The van der Waals surface area contributed by atoms with Crippen LogP contribution in [0.2, 0.25) is 0 Å². The van der Waals surface area contributed by atoms with Gasteiger partial charge in [-0.3, -0.25) is 9.69 Å². The summed E-state index contributed by atoms with van der Waals surface area (Å²) in [6, 6.07) is 8.98. The van der Waals surface area contributed by atoms with E-state index in [1.54, 1.807) is 18.7 Å². The van der Waals surface area contributed by atoms with E-state index in [9.17, 15) is 4.79 Å². The zero-order chi connectivity index (χ0) is 22.0. The number of aromatic nitrogens is 2. The van der Waals surface area contributed by atoms with Crippen molar-refractivity contribution in [1.29, 1.82) is 0 Å². The molecule has 2 aromatic rings. The van der Waals surface area contributed by atoms with Gasteiger partial charge in [0, 0.05) is 18.4 Å². The Balaban J connectivity index is 0.000000326. The van der Waals surface area contributed by atoms with Gasteiger partial charge in [-0.05, 0) is 55.7 Å². The summed E-state index contributed by atoms with van der Waals surface area (Å²) in [5.74, 6) is 0.204. The Morgan fingerprint density at radius 1 is 1.14 bits per heavy atom. The molecule has 0 radical (unpaired) electrons. The molecule has 1 unspecified atom stereocenters. The Kier molecular flexibility index (Phi) is 10.5. The topological polar surface area (TPSA) is 46.1 Å². The van der Waals surface area contributed by atoms with Crippen molar-refractivity contribution in [2.24, 2.45) is 0 Å². The van der Waals surface area contributed by atoms with E-state index >= 15 is 0 Å². The van der Waals surface area contributed by atoms with Crippen LogP contribution in [0, 0.1) is 0 Å². The van der Waals surface area contributed by atoms with E-state index in [-0.39, 0.29) is 17.2 Å². The van der Waals surface area contributed by atoms with E-state index < -0.39 is 0 Å². The van der Waals surface area contributed by atoms with Crippen molar-refractivity contribution in [2.45, 2.75) is 71.0 Å². The lowest BCUT2D eigenvalue weighted by Gasteiger charge is -2.25. The maximum absolute atomic E-state index is 11.1. The molecule has 0 aliphatic rings. The first-order valence-corrected chi connectivity index (χ1v) is 11.5. The fourth-order valence-electron chi connectivity index (χ4n) is 2.87. The molecule has 0 fully saturated rings. The van der Waals surface area contributed by atoms with Crippen LogP contribution in [-0.2, 0) is 16.6 Å². The van der Waals surface area contributed by atoms with Gasteiger partial charge < -0.3 is 0 Å². The highest BCUT2D eigenvalue weighted by Gasteiger charge is 2.16. The molecule has 0 spiro atoms. The lowest BCUT2D eigenvalue weighted by atomic mass is 9.86. The zero-order valence-corrected chi connectivity index (χ0v) is 20.1. The first-order chi connectivity index (χ1) is 13.6. The maximum atomic E-state index is 11.1. The van der Waals surface area contributed by atoms with Gasteiger partial charge in [0.05, 0.1) is 6.54 Å². The van der Waals surface area contributed by atoms with Crippen LogP contribution >= 0.6 is 11.8 Å². The average molecular weight is 416 g/mol. The lowest BCUT2D eigenvalue weighted by molar-refractivity contribution is -0.118. The number of carbonyl (C=O) groups excluding carboxylic acids is 1. The van der Waals surface area contributed by atoms with Crippen molar-refractivity contribution in [1.82, 2.24) is 14.9 Å². The molecule has 1 aromatic heterocycles. The summed E-state index contributed by atoms with van der Waals surface area (Å²) in [7, 11) is 1.99. The van der Waals surface area contributed by atoms with Crippen molar-refractivity contribution in [2.75, 3.05) is 19.8 Å². The number of ketones is 1. The smallest absolute Gasteiger partial charge is 0.187 e. The summed E-state index contributed by atoms with van der Waals surface area (Å²) in [5.41, 5.74) is 4.01. The molecule has 160 valence electrons. The molecule has 0 saturated carbocycles. The minimum Gasteiger partial charge on any atom is -0.299 e. The molecule has 0 aliphatic heterocycles. The quantitative estimate of drug-likeness (QED) is 0.428. The number of hydrogen-bond donors (Lipinski definition) is 0. The van der Waals surface area contributed by atoms with Crippen molar-refractivity contribution in [3.05, 3.63) is 53.3 Å². The van der Waals surface area contributed by atoms with E-state index in [1.165, 1.54) is 16.7 Å². The third-order valence-electron chi connectivity index (χ3n) is 4.80. The Morgan fingerprint density at radius 2 is 1.69 bits per heavy atom. The molecule has 29 heavy (non-hydrogen) atoms. The summed E-state index contributed by atoms with van der Waals surface area (Å²) in [6.07, 6.45) is 8.02. The second-order valence-electron chi connectivity index (χ2n) is 8.49. The van der Waals surface area contributed by atoms with Gasteiger partial charge in [0.25, 0.3) is 0 Å². The molecule has 0 N–H and O–H groups in total. The average Bonchev–Trinajstić information content (AvgIpc) is 2.67. The molecule has 2 rings (SSSR count). The van der Waals surface area contributed by atoms with Gasteiger partial charge in [-0.25, -0.2) is 9.97 Å². The van der Waals surface area contributed by atoms with Crippen LogP contribution in [0.4, 0.5) is 0 Å². The molecule has 1 heterocycles. The van der Waals surface area contributed by atoms with Gasteiger partial charge in [-0.15, -0.1) is 0 Å². The highest BCUT2D eigenvalue weighted by atomic mass is 32.2. The van der Waals surface area contributed by atoms with Gasteiger partial charge in [-0.1, -0.05) is 70.1 Å². The largest absolute Gasteiger partial charge is 0.299 e. The van der Waals surface area contributed by atoms with Crippen molar-refractivity contribution in [3.8, 4) is 0 Å². The Bertz CT molecular complexity index is 736. The molecular weight excluding hydrogens is 378 g/mol. The van der Waals surface area contributed by atoms with Crippen LogP contribution in [0.5, 0.6) is 0 Å². The molecular formula is C24H37N3OS. The number of thioether (sulfide) groups is 1. The van der Waals surface area contributed by atoms with Crippen LogP contribution in [0.3, 0.4) is 0 Å². The predicted octanol–water partition coefficient (Wildman–Crippen LogP) is 5.72. The number of nitrogens with zero attached hydrogens (tertiary/aromatic N) is 3. The Labute approximate surface area is 181 Å². The zero-order valence-electron chi connectivity index (χ0n) is 19.3. The highest BCUT2D eigenvalue weighted by Crippen LogP contribution is 2.25. The number of carbonyl (C=O) groups is 1. The molecule has 1 atom stereocenters. The third kappa shape index (κ3) is 9.09. The van der Waals surface area contributed by atoms with Crippen LogP contribution < -0.4 is 0 Å². The number of benzene rings is 1. The summed E-state index contributed by atoms with van der Waals surface area (Å²) in [6.45, 7) is 13.1. The molecule has 0 amide bonds. The monoisotopic (exact) mass is 415 g/mol. The van der Waals surface area contributed by atoms with Crippen molar-refractivity contribution in [3.63, 3.8) is 0 Å². The molecule has 5 heteroatoms. The van der Waals surface area contributed by atoms with Gasteiger partial charge in [-0.2, -0.15) is 0 Å². The van der Waals surface area contributed by atoms with Crippen LogP contribution in [0.15, 0.2) is 41.8 Å². The normalized spacial score (nSPS) is 12.3. The van der Waals surface area contributed by atoms with E-state index in [4.69, 9.17) is 0 Å². The minimum atomic E-state index is 0.188. The van der Waals surface area contributed by atoms with E-state index in [0.29, 0.717) is 6.54 Å². The molecule has 0 saturated heterocycles. The van der Waals surface area contributed by atoms with Crippen LogP contribution in [0.1, 0.15) is 70.7 Å². The van der Waals surface area contributed by atoms with Gasteiger partial charge >= 0.3 is 0 Å². The molecule has 0 aliphatic carbocycles. The standard InChI is InChI=1S/C16H25NO.C8H12N2S/c1-12(18)11-17(6)13(2)14-7-9-15(10-8-14)16(3,4)5;1-3-4-7-5-9-8(11-2)10-6-7/h7-10,13H,11H2,1-6H3;5-6H,3-4H2,1-2H3. The molecule has 4 nitrogen and oxygen atoms in total. The first-order valence-electron chi connectivity index (χ1n) is 10.2. The number of rotatable bonds is 7. The number of hydrogen-bond acceptors (Lipinski definition) is 5. The van der Waals surface area contributed by atoms with Gasteiger partial charge in [0.1, 0.15) is 5.78 Å². The number of likely N-dealkylation sites (N-methyl/N-ethyl adjacent to an activating group) is 1. The van der Waals surface area contributed by atoms with Gasteiger partial charge in [0.2, 0.25) is 0 Å². The number of aryl methyl sites for hydroxylation is 1. The Hall–Kier alpha value is -1.72. The van der Waals surface area contributed by atoms with E-state index in [0.717, 1.165) is 18.0 Å². The fraction of sp³-hybridized carbons (Fsp3) is 0.542. The Morgan fingerprint density at radius 3 is 2.10 bits per heavy atom. The second-order valence-corrected chi connectivity index (χ2v) is 9.27. The van der Waals surface area contributed by atoms with Crippen LogP contribution in [0.25, 0.3) is 0 Å². The molecule has 1 aromatic carbocycles. The highest BCUT2D eigenvalue weighted by molar-refractivity contribution is 7.98. The van der Waals surface area contributed by atoms with Crippen molar-refractivity contribution >= 4 is 17.5 Å². The summed E-state index contributed by atoms with van der Waals surface area (Å²) >= 11 is 1.57. The fourth-order valence-corrected chi connectivity index (χ4v) is 3.19. The SMILES string of the molecule is CC(=O)CN(C)C(C)c1ccc(C(C)(C)C)cc1.CCCc1cnc(SC)nc1. The van der Waals surface area contributed by atoms with Crippen molar-refractivity contribution < 1.29 is 4.79 Å².